The van der Waals surface area contributed by atoms with Crippen LogP contribution in [0.5, 0.6) is 5.75 Å². The molecular formula is C15H21NO8. The number of carbonyl (C=O) groups is 1. The van der Waals surface area contributed by atoms with Crippen LogP contribution in [-0.2, 0) is 9.53 Å². The molecule has 1 aromatic rings. The molecule has 1 heterocycles. The van der Waals surface area contributed by atoms with Gasteiger partial charge in [-0.05, 0) is 24.7 Å². The lowest BCUT2D eigenvalue weighted by Crippen LogP contribution is -2.61. The van der Waals surface area contributed by atoms with Gasteiger partial charge in [0.2, 0.25) is 6.29 Å². The lowest BCUT2D eigenvalue weighted by atomic mass is 9.99. The maximum Gasteiger partial charge on any atom is 0.335 e. The van der Waals surface area contributed by atoms with Gasteiger partial charge in [0.05, 0.1) is 6.10 Å². The number of aliphatic carboxylic acids is 1. The van der Waals surface area contributed by atoms with Gasteiger partial charge in [0.15, 0.2) is 6.10 Å². The zero-order valence-corrected chi connectivity index (χ0v) is 12.9. The number of rotatable bonds is 6. The molecule has 1 saturated heterocycles. The standard InChI is InChI=1S/C15H21NO8/c1-16-6-9(17)7-3-2-4-8(5-7)23-15-12(20)10(18)11(19)13(24-15)14(21)22/h2-5,9-13,15-20H,6H2,1H3,(H,21,22)/t9?,10-,11-,12+,13-,15+/m0/s1. The predicted molar refractivity (Wildman–Crippen MR) is 80.3 cm³/mol. The van der Waals surface area contributed by atoms with Crippen LogP contribution in [0.25, 0.3) is 0 Å². The summed E-state index contributed by atoms with van der Waals surface area (Å²) < 4.78 is 10.4. The summed E-state index contributed by atoms with van der Waals surface area (Å²) in [4.78, 5) is 11.1. The quantitative estimate of drug-likeness (QED) is 0.352. The number of ether oxygens (including phenoxy) is 2. The Balaban J connectivity index is 2.14. The highest BCUT2D eigenvalue weighted by Gasteiger charge is 2.48. The molecule has 24 heavy (non-hydrogen) atoms. The van der Waals surface area contributed by atoms with E-state index in [-0.39, 0.29) is 5.75 Å². The van der Waals surface area contributed by atoms with Crippen LogP contribution in [0.2, 0.25) is 0 Å². The number of carboxylic acid groups (broad SMARTS) is 1. The van der Waals surface area contributed by atoms with E-state index in [1.807, 2.05) is 0 Å². The molecule has 1 fully saturated rings. The highest BCUT2D eigenvalue weighted by atomic mass is 16.7. The topological polar surface area (TPSA) is 149 Å². The third-order valence-electron chi connectivity index (χ3n) is 3.71. The average molecular weight is 343 g/mol. The summed E-state index contributed by atoms with van der Waals surface area (Å²) in [6.07, 6.45) is -9.15. The Labute approximate surface area is 138 Å². The molecule has 6 atom stereocenters. The van der Waals surface area contributed by atoms with Gasteiger partial charge in [-0.15, -0.1) is 0 Å². The summed E-state index contributed by atoms with van der Waals surface area (Å²) in [5, 5.41) is 51.1. The van der Waals surface area contributed by atoms with Crippen molar-refractivity contribution in [2.45, 2.75) is 36.8 Å². The number of nitrogens with one attached hydrogen (secondary N) is 1. The fourth-order valence-electron chi connectivity index (χ4n) is 2.39. The van der Waals surface area contributed by atoms with Crippen LogP contribution in [0.4, 0.5) is 0 Å². The summed E-state index contributed by atoms with van der Waals surface area (Å²) in [5.41, 5.74) is 0.544. The van der Waals surface area contributed by atoms with Gasteiger partial charge >= 0.3 is 5.97 Å². The molecule has 0 bridgehead atoms. The van der Waals surface area contributed by atoms with Crippen molar-refractivity contribution in [1.29, 1.82) is 0 Å². The zero-order chi connectivity index (χ0) is 17.9. The summed E-state index contributed by atoms with van der Waals surface area (Å²) in [7, 11) is 1.69. The molecule has 0 aromatic heterocycles. The second-order valence-electron chi connectivity index (χ2n) is 5.50. The van der Waals surface area contributed by atoms with E-state index in [0.717, 1.165) is 0 Å². The SMILES string of the molecule is CNCC(O)c1cccc(O[C@@H]2O[C@H](C(=O)O)[C@@H](O)[C@H](O)[C@H]2O)c1. The molecule has 6 N–H and O–H groups in total. The van der Waals surface area contributed by atoms with E-state index in [1.54, 1.807) is 19.2 Å². The minimum absolute atomic E-state index is 0.208. The fourth-order valence-corrected chi connectivity index (χ4v) is 2.39. The molecule has 1 aromatic carbocycles. The van der Waals surface area contributed by atoms with E-state index in [4.69, 9.17) is 14.6 Å². The van der Waals surface area contributed by atoms with Gasteiger partial charge in [-0.3, -0.25) is 0 Å². The third kappa shape index (κ3) is 4.01. The highest BCUT2D eigenvalue weighted by Crippen LogP contribution is 2.26. The normalized spacial score (nSPS) is 31.5. The van der Waals surface area contributed by atoms with Crippen molar-refractivity contribution >= 4 is 5.97 Å². The van der Waals surface area contributed by atoms with Crippen LogP contribution in [0.1, 0.15) is 11.7 Å². The first-order chi connectivity index (χ1) is 11.3. The van der Waals surface area contributed by atoms with Gasteiger partial charge in [0, 0.05) is 6.54 Å². The molecule has 2 rings (SSSR count). The van der Waals surface area contributed by atoms with Crippen molar-refractivity contribution in [3.63, 3.8) is 0 Å². The molecule has 0 aliphatic carbocycles. The minimum Gasteiger partial charge on any atom is -0.479 e. The smallest absolute Gasteiger partial charge is 0.335 e. The molecule has 9 heteroatoms. The average Bonchev–Trinajstić information content (AvgIpc) is 2.55. The fraction of sp³-hybridized carbons (Fsp3) is 0.533. The summed E-state index contributed by atoms with van der Waals surface area (Å²) in [6, 6.07) is 6.31. The van der Waals surface area contributed by atoms with Gasteiger partial charge < -0.3 is 40.3 Å². The summed E-state index contributed by atoms with van der Waals surface area (Å²) >= 11 is 0. The molecule has 0 spiro atoms. The Morgan fingerprint density at radius 3 is 2.62 bits per heavy atom. The van der Waals surface area contributed by atoms with E-state index in [1.165, 1.54) is 12.1 Å². The van der Waals surface area contributed by atoms with Gasteiger partial charge in [0.1, 0.15) is 24.1 Å². The van der Waals surface area contributed by atoms with Gasteiger partial charge in [-0.1, -0.05) is 12.1 Å². The lowest BCUT2D eigenvalue weighted by molar-refractivity contribution is -0.271. The van der Waals surface area contributed by atoms with Gasteiger partial charge in [0.25, 0.3) is 0 Å². The first-order valence-electron chi connectivity index (χ1n) is 7.37. The number of hydrogen-bond donors (Lipinski definition) is 6. The minimum atomic E-state index is -1.78. The Kier molecular flexibility index (Phi) is 6.10. The van der Waals surface area contributed by atoms with Crippen LogP contribution in [0.3, 0.4) is 0 Å². The van der Waals surface area contributed by atoms with Crippen LogP contribution >= 0.6 is 0 Å². The number of carboxylic acids is 1. The Morgan fingerprint density at radius 1 is 1.29 bits per heavy atom. The molecule has 1 aliphatic heterocycles. The number of aliphatic hydroxyl groups is 4. The van der Waals surface area contributed by atoms with E-state index in [9.17, 15) is 25.2 Å². The van der Waals surface area contributed by atoms with Gasteiger partial charge in [-0.25, -0.2) is 4.79 Å². The van der Waals surface area contributed by atoms with Crippen LogP contribution in [0, 0.1) is 0 Å². The highest BCUT2D eigenvalue weighted by molar-refractivity contribution is 5.73. The van der Waals surface area contributed by atoms with Crippen molar-refractivity contribution in [3.8, 4) is 5.75 Å². The first-order valence-corrected chi connectivity index (χ1v) is 7.37. The number of benzene rings is 1. The van der Waals surface area contributed by atoms with Gasteiger partial charge in [-0.2, -0.15) is 0 Å². The van der Waals surface area contributed by atoms with Crippen molar-refractivity contribution in [2.75, 3.05) is 13.6 Å². The Morgan fingerprint density at radius 2 is 2.00 bits per heavy atom. The molecule has 1 unspecified atom stereocenters. The molecule has 0 radical (unpaired) electrons. The van der Waals surface area contributed by atoms with Crippen molar-refractivity contribution in [3.05, 3.63) is 29.8 Å². The van der Waals surface area contributed by atoms with Crippen molar-refractivity contribution in [1.82, 2.24) is 5.32 Å². The Bertz CT molecular complexity index is 568. The largest absolute Gasteiger partial charge is 0.479 e. The van der Waals surface area contributed by atoms with E-state index in [2.05, 4.69) is 5.32 Å². The van der Waals surface area contributed by atoms with Crippen LogP contribution in [0.15, 0.2) is 24.3 Å². The van der Waals surface area contributed by atoms with Crippen molar-refractivity contribution < 1.29 is 39.8 Å². The van der Waals surface area contributed by atoms with Crippen molar-refractivity contribution in [2.24, 2.45) is 0 Å². The van der Waals surface area contributed by atoms with E-state index < -0.39 is 42.8 Å². The maximum absolute atomic E-state index is 11.1. The number of likely N-dealkylation sites (N-methyl/N-ethyl adjacent to an activating group) is 1. The number of hydrogen-bond acceptors (Lipinski definition) is 8. The third-order valence-corrected chi connectivity index (χ3v) is 3.71. The molecule has 134 valence electrons. The van der Waals surface area contributed by atoms with Crippen LogP contribution in [-0.4, -0.2) is 75.8 Å². The number of aliphatic hydroxyl groups excluding tert-OH is 4. The predicted octanol–water partition coefficient (Wildman–Crippen LogP) is -1.79. The maximum atomic E-state index is 11.1. The molecular weight excluding hydrogens is 322 g/mol. The lowest BCUT2D eigenvalue weighted by Gasteiger charge is -2.38. The summed E-state index contributed by atoms with van der Waals surface area (Å²) in [6.45, 7) is 0.317. The monoisotopic (exact) mass is 343 g/mol. The molecule has 0 amide bonds. The second kappa shape index (κ2) is 7.88. The zero-order valence-electron chi connectivity index (χ0n) is 12.9. The van der Waals surface area contributed by atoms with Crippen LogP contribution < -0.4 is 10.1 Å². The Hall–Kier alpha value is -1.75. The molecule has 9 nitrogen and oxygen atoms in total. The first kappa shape index (κ1) is 18.6. The molecule has 1 aliphatic rings. The summed E-state index contributed by atoms with van der Waals surface area (Å²) in [5.74, 6) is -1.28. The van der Waals surface area contributed by atoms with E-state index >= 15 is 0 Å². The molecule has 0 saturated carbocycles. The second-order valence-corrected chi connectivity index (χ2v) is 5.50. The van der Waals surface area contributed by atoms with E-state index in [0.29, 0.717) is 12.1 Å².